The van der Waals surface area contributed by atoms with Crippen LogP contribution in [-0.2, 0) is 33.0 Å². The number of likely N-dealkylation sites (tertiary alicyclic amines) is 1. The van der Waals surface area contributed by atoms with Crippen LogP contribution in [0.2, 0.25) is 0 Å². The van der Waals surface area contributed by atoms with Gasteiger partial charge in [0.2, 0.25) is 17.1 Å². The Balaban J connectivity index is 0.830. The predicted octanol–water partition coefficient (Wildman–Crippen LogP) is 6.18. The largest absolute Gasteiger partial charge is 0.506 e. The standard InChI is InChI=1S/C54H57N5O8/c1-36(56-51(63)41-17-15-37(16-18-41)32-55-33-48(61)45-19-21-47(60)50-46(45)20-22-49(62)57-50)52(64)59-29-25-40(26-30-59)42-11-8-14-44(31-42)54(66,43-12-6-3-7-13-43)53(65)67-35-39-23-27-58(28-24-39)34-38-9-4-2-5-10-38/h2-22,25,31,36,39,48,55,60-61,66H,23-24,26-30,32-35H2,1H3,(H,56,63)(H,57,62)/t36-,48-,54?/m0/s1. The van der Waals surface area contributed by atoms with E-state index < -0.39 is 23.7 Å². The number of H-pyrrole nitrogens is 1. The molecule has 0 saturated carbocycles. The van der Waals surface area contributed by atoms with Crippen molar-refractivity contribution in [1.82, 2.24) is 25.4 Å². The number of aromatic nitrogens is 1. The van der Waals surface area contributed by atoms with Crippen LogP contribution in [0, 0.1) is 5.92 Å². The van der Waals surface area contributed by atoms with Gasteiger partial charge in [-0.25, -0.2) is 4.79 Å². The van der Waals surface area contributed by atoms with Crippen molar-refractivity contribution >= 4 is 34.3 Å². The second-order valence-corrected chi connectivity index (χ2v) is 17.5. The topological polar surface area (TPSA) is 185 Å². The fourth-order valence-electron chi connectivity index (χ4n) is 9.01. The van der Waals surface area contributed by atoms with E-state index >= 15 is 0 Å². The van der Waals surface area contributed by atoms with Gasteiger partial charge < -0.3 is 40.6 Å². The van der Waals surface area contributed by atoms with Crippen molar-refractivity contribution in [2.75, 3.05) is 39.3 Å². The third kappa shape index (κ3) is 11.0. The van der Waals surface area contributed by atoms with Crippen molar-refractivity contribution in [2.45, 2.75) is 57.0 Å². The first-order chi connectivity index (χ1) is 32.5. The van der Waals surface area contributed by atoms with E-state index in [1.165, 1.54) is 17.7 Å². The number of benzene rings is 5. The van der Waals surface area contributed by atoms with E-state index in [4.69, 9.17) is 4.74 Å². The minimum absolute atomic E-state index is 0.0783. The second-order valence-electron chi connectivity index (χ2n) is 17.5. The van der Waals surface area contributed by atoms with Gasteiger partial charge in [0, 0.05) is 55.3 Å². The smallest absolute Gasteiger partial charge is 0.347 e. The van der Waals surface area contributed by atoms with E-state index in [1.807, 2.05) is 36.4 Å². The number of rotatable bonds is 16. The summed E-state index contributed by atoms with van der Waals surface area (Å²) in [5, 5.41) is 40.0. The Bertz CT molecular complexity index is 2770. The van der Waals surface area contributed by atoms with Gasteiger partial charge in [-0.15, -0.1) is 0 Å². The Morgan fingerprint density at radius 2 is 1.55 bits per heavy atom. The molecular weight excluding hydrogens is 847 g/mol. The highest BCUT2D eigenvalue weighted by atomic mass is 16.5. The number of aliphatic hydroxyl groups is 2. The quantitative estimate of drug-likeness (QED) is 0.0614. The van der Waals surface area contributed by atoms with Crippen LogP contribution in [0.5, 0.6) is 5.75 Å². The average Bonchev–Trinajstić information content (AvgIpc) is 3.36. The molecule has 0 radical (unpaired) electrons. The summed E-state index contributed by atoms with van der Waals surface area (Å²) in [7, 11) is 0. The lowest BCUT2D eigenvalue weighted by Gasteiger charge is -2.33. The Morgan fingerprint density at radius 1 is 0.836 bits per heavy atom. The van der Waals surface area contributed by atoms with Crippen molar-refractivity contribution in [3.05, 3.63) is 189 Å². The number of ether oxygens (including phenoxy) is 1. The van der Waals surface area contributed by atoms with Crippen molar-refractivity contribution in [2.24, 2.45) is 5.92 Å². The molecule has 1 saturated heterocycles. The van der Waals surface area contributed by atoms with Gasteiger partial charge >= 0.3 is 5.97 Å². The molecule has 2 amide bonds. The summed E-state index contributed by atoms with van der Waals surface area (Å²) < 4.78 is 5.95. The van der Waals surface area contributed by atoms with Gasteiger partial charge in [0.15, 0.2) is 0 Å². The van der Waals surface area contributed by atoms with Crippen molar-refractivity contribution in [3.63, 3.8) is 0 Å². The first-order valence-electron chi connectivity index (χ1n) is 22.9. The molecule has 346 valence electrons. The van der Waals surface area contributed by atoms with Crippen LogP contribution in [0.3, 0.4) is 0 Å². The van der Waals surface area contributed by atoms with E-state index in [-0.39, 0.29) is 47.7 Å². The fourth-order valence-corrected chi connectivity index (χ4v) is 9.01. The summed E-state index contributed by atoms with van der Waals surface area (Å²) in [5.74, 6) is -1.19. The number of amides is 2. The maximum atomic E-state index is 14.0. The summed E-state index contributed by atoms with van der Waals surface area (Å²) in [6, 6.07) is 38.8. The van der Waals surface area contributed by atoms with E-state index in [9.17, 15) is 34.5 Å². The number of carbonyl (C=O) groups excluding carboxylic acids is 3. The van der Waals surface area contributed by atoms with Crippen LogP contribution < -0.4 is 16.2 Å². The molecule has 2 aliphatic rings. The number of nitrogens with one attached hydrogen (secondary N) is 3. The highest BCUT2D eigenvalue weighted by molar-refractivity contribution is 5.97. The third-order valence-corrected chi connectivity index (χ3v) is 12.9. The number of nitrogens with zero attached hydrogens (tertiary/aromatic N) is 2. The summed E-state index contributed by atoms with van der Waals surface area (Å²) in [5.41, 5.74) is 3.62. The van der Waals surface area contributed by atoms with Crippen LogP contribution >= 0.6 is 0 Å². The molecule has 6 N–H and O–H groups in total. The molecule has 3 heterocycles. The summed E-state index contributed by atoms with van der Waals surface area (Å²) >= 11 is 0. The lowest BCUT2D eigenvalue weighted by atomic mass is 9.84. The number of phenolic OH excluding ortho intramolecular Hbond substituents is 1. The Morgan fingerprint density at radius 3 is 2.27 bits per heavy atom. The maximum absolute atomic E-state index is 14.0. The van der Waals surface area contributed by atoms with Gasteiger partial charge in [-0.05, 0) is 109 Å². The Labute approximate surface area is 389 Å². The van der Waals surface area contributed by atoms with E-state index in [0.717, 1.165) is 49.2 Å². The molecule has 0 aliphatic carbocycles. The molecule has 6 aromatic rings. The Hall–Kier alpha value is -6.90. The SMILES string of the molecule is C[C@H](NC(=O)c1ccc(CNC[C@H](O)c2ccc(O)c3[nH]c(=O)ccc23)cc1)C(=O)N1CC=C(c2cccc(C(O)(C(=O)OCC3CCN(Cc4ccccc4)CC3)c3ccccc3)c2)CC1. The zero-order chi connectivity index (χ0) is 46.9. The van der Waals surface area contributed by atoms with Crippen molar-refractivity contribution in [3.8, 4) is 5.75 Å². The maximum Gasteiger partial charge on any atom is 0.347 e. The number of fused-ring (bicyclic) bond motifs is 1. The van der Waals surface area contributed by atoms with Gasteiger partial charge in [0.1, 0.15) is 11.8 Å². The molecule has 1 fully saturated rings. The number of hydrogen-bond donors (Lipinski definition) is 6. The molecule has 13 nitrogen and oxygen atoms in total. The third-order valence-electron chi connectivity index (χ3n) is 12.9. The minimum Gasteiger partial charge on any atom is -0.506 e. The molecule has 3 atom stereocenters. The Kier molecular flexibility index (Phi) is 14.7. The molecular formula is C54H57N5O8. The van der Waals surface area contributed by atoms with Crippen molar-refractivity contribution in [1.29, 1.82) is 0 Å². The van der Waals surface area contributed by atoms with Gasteiger partial charge in [0.05, 0.1) is 18.2 Å². The number of piperidine rings is 1. The number of phenols is 1. The molecule has 8 rings (SSSR count). The molecule has 2 aliphatic heterocycles. The highest BCUT2D eigenvalue weighted by Gasteiger charge is 2.42. The van der Waals surface area contributed by atoms with E-state index in [2.05, 4.69) is 44.8 Å². The summed E-state index contributed by atoms with van der Waals surface area (Å²) in [6.07, 6.45) is 3.39. The lowest BCUT2D eigenvalue weighted by Crippen LogP contribution is -2.48. The van der Waals surface area contributed by atoms with Gasteiger partial charge in [-0.1, -0.05) is 103 Å². The molecule has 1 aromatic heterocycles. The molecule has 67 heavy (non-hydrogen) atoms. The monoisotopic (exact) mass is 903 g/mol. The van der Waals surface area contributed by atoms with Crippen LogP contribution in [0.1, 0.15) is 76.0 Å². The van der Waals surface area contributed by atoms with Gasteiger partial charge in [-0.3, -0.25) is 19.3 Å². The van der Waals surface area contributed by atoms with Gasteiger partial charge in [-0.2, -0.15) is 0 Å². The van der Waals surface area contributed by atoms with Crippen LogP contribution in [-0.4, -0.2) is 93.3 Å². The van der Waals surface area contributed by atoms with E-state index in [0.29, 0.717) is 53.7 Å². The predicted molar refractivity (Wildman–Crippen MR) is 257 cm³/mol. The first kappa shape index (κ1) is 46.6. The second kappa shape index (κ2) is 21.2. The van der Waals surface area contributed by atoms with Gasteiger partial charge in [0.25, 0.3) is 5.91 Å². The van der Waals surface area contributed by atoms with Crippen molar-refractivity contribution < 1.29 is 34.4 Å². The summed E-state index contributed by atoms with van der Waals surface area (Å²) in [4.78, 5) is 59.3. The molecule has 13 heteroatoms. The number of carbonyl (C=O) groups is 3. The highest BCUT2D eigenvalue weighted by Crippen LogP contribution is 2.35. The number of aromatic amines is 1. The fraction of sp³-hybridized carbons (Fsp3) is 0.296. The molecule has 5 aromatic carbocycles. The average molecular weight is 904 g/mol. The number of aromatic hydroxyl groups is 1. The zero-order valence-electron chi connectivity index (χ0n) is 37.6. The number of aliphatic hydroxyl groups excluding tert-OH is 1. The molecule has 0 bridgehead atoms. The van der Waals surface area contributed by atoms with Crippen LogP contribution in [0.4, 0.5) is 0 Å². The number of esters is 1. The van der Waals surface area contributed by atoms with Crippen LogP contribution in [0.25, 0.3) is 16.5 Å². The van der Waals surface area contributed by atoms with Crippen LogP contribution in [0.15, 0.2) is 144 Å². The summed E-state index contributed by atoms with van der Waals surface area (Å²) in [6.45, 7) is 5.96. The molecule has 1 unspecified atom stereocenters. The zero-order valence-corrected chi connectivity index (χ0v) is 37.6. The van der Waals surface area contributed by atoms with E-state index in [1.54, 1.807) is 78.6 Å². The normalized spacial score (nSPS) is 16.4. The first-order valence-corrected chi connectivity index (χ1v) is 22.9. The number of hydrogen-bond acceptors (Lipinski definition) is 10. The number of pyridine rings is 1. The molecule has 0 spiro atoms. The lowest BCUT2D eigenvalue weighted by molar-refractivity contribution is -0.164. The minimum atomic E-state index is -2.03.